The lowest BCUT2D eigenvalue weighted by molar-refractivity contribution is 0.0951. The molecule has 1 aliphatic carbocycles. The van der Waals surface area contributed by atoms with Gasteiger partial charge in [-0.3, -0.25) is 4.79 Å². The number of amides is 1. The smallest absolute Gasteiger partial charge is 0.251 e. The Balaban J connectivity index is 1.24. The fourth-order valence-electron chi connectivity index (χ4n) is 5.02. The van der Waals surface area contributed by atoms with E-state index in [1.54, 1.807) is 18.2 Å². The lowest BCUT2D eigenvalue weighted by Crippen LogP contribution is -2.22. The van der Waals surface area contributed by atoms with Crippen LogP contribution in [0.25, 0.3) is 22.6 Å². The molecule has 1 fully saturated rings. The van der Waals surface area contributed by atoms with Gasteiger partial charge in [-0.25, -0.2) is 4.98 Å². The SMILES string of the molecule is CC(C)c1cc(C#N)cc2nc(-c3ccc(C(=O)NCc4ccc(C5CCC(Cl)CC5)cc4)cc3)oc12. The van der Waals surface area contributed by atoms with Crippen molar-refractivity contribution in [2.75, 3.05) is 0 Å². The summed E-state index contributed by atoms with van der Waals surface area (Å²) in [4.78, 5) is 17.4. The van der Waals surface area contributed by atoms with Crippen LogP contribution in [0.15, 0.2) is 65.1 Å². The molecule has 5 nitrogen and oxygen atoms in total. The fraction of sp³-hybridized carbons (Fsp3) is 0.323. The first-order valence-electron chi connectivity index (χ1n) is 12.9. The zero-order valence-corrected chi connectivity index (χ0v) is 21.9. The number of hydrogen-bond donors (Lipinski definition) is 1. The number of oxazole rings is 1. The molecule has 37 heavy (non-hydrogen) atoms. The zero-order valence-electron chi connectivity index (χ0n) is 21.1. The molecule has 0 unspecified atom stereocenters. The van der Waals surface area contributed by atoms with Crippen molar-refractivity contribution in [2.45, 2.75) is 63.3 Å². The fourth-order valence-corrected chi connectivity index (χ4v) is 5.27. The summed E-state index contributed by atoms with van der Waals surface area (Å²) in [5.74, 6) is 1.13. The molecule has 1 amide bonds. The largest absolute Gasteiger partial charge is 0.436 e. The second kappa shape index (κ2) is 10.8. The van der Waals surface area contributed by atoms with Crippen molar-refractivity contribution in [2.24, 2.45) is 0 Å². The highest BCUT2D eigenvalue weighted by molar-refractivity contribution is 6.20. The number of nitrogens with zero attached hydrogens (tertiary/aromatic N) is 2. The first kappa shape index (κ1) is 25.0. The van der Waals surface area contributed by atoms with Crippen LogP contribution in [0.5, 0.6) is 0 Å². The molecule has 5 rings (SSSR count). The molecular weight excluding hydrogens is 482 g/mol. The molecule has 0 radical (unpaired) electrons. The third-order valence-corrected chi connectivity index (χ3v) is 7.66. The van der Waals surface area contributed by atoms with Gasteiger partial charge in [-0.05, 0) is 85.0 Å². The second-order valence-electron chi connectivity index (χ2n) is 10.1. The van der Waals surface area contributed by atoms with Gasteiger partial charge in [0.1, 0.15) is 5.52 Å². The zero-order chi connectivity index (χ0) is 25.9. The maximum atomic E-state index is 12.7. The summed E-state index contributed by atoms with van der Waals surface area (Å²) >= 11 is 6.24. The van der Waals surface area contributed by atoms with Crippen LogP contribution >= 0.6 is 11.6 Å². The van der Waals surface area contributed by atoms with Crippen molar-refractivity contribution in [3.8, 4) is 17.5 Å². The maximum Gasteiger partial charge on any atom is 0.251 e. The Morgan fingerprint density at radius 3 is 2.43 bits per heavy atom. The Kier molecular flexibility index (Phi) is 7.30. The monoisotopic (exact) mass is 511 g/mol. The van der Waals surface area contributed by atoms with Crippen LogP contribution in [0.1, 0.15) is 84.0 Å². The number of halogens is 1. The van der Waals surface area contributed by atoms with Crippen LogP contribution in [0.2, 0.25) is 0 Å². The molecule has 3 aromatic carbocycles. The molecule has 0 spiro atoms. The van der Waals surface area contributed by atoms with E-state index >= 15 is 0 Å². The van der Waals surface area contributed by atoms with E-state index in [9.17, 15) is 10.1 Å². The minimum absolute atomic E-state index is 0.130. The third-order valence-electron chi connectivity index (χ3n) is 7.22. The summed E-state index contributed by atoms with van der Waals surface area (Å²) in [6.45, 7) is 4.60. The van der Waals surface area contributed by atoms with E-state index in [0.29, 0.717) is 46.0 Å². The molecule has 1 aromatic heterocycles. The van der Waals surface area contributed by atoms with Gasteiger partial charge >= 0.3 is 0 Å². The molecule has 0 aliphatic heterocycles. The number of nitrogens with one attached hydrogen (secondary N) is 1. The molecule has 4 aromatic rings. The predicted octanol–water partition coefficient (Wildman–Crippen LogP) is 7.68. The quantitative estimate of drug-likeness (QED) is 0.269. The van der Waals surface area contributed by atoms with E-state index in [4.69, 9.17) is 16.0 Å². The molecule has 1 saturated carbocycles. The molecule has 0 atom stereocenters. The third kappa shape index (κ3) is 5.55. The molecule has 1 aliphatic rings. The van der Waals surface area contributed by atoms with Gasteiger partial charge in [0, 0.05) is 28.6 Å². The van der Waals surface area contributed by atoms with Crippen LogP contribution < -0.4 is 5.32 Å². The van der Waals surface area contributed by atoms with E-state index in [2.05, 4.69) is 54.5 Å². The van der Waals surface area contributed by atoms with Crippen LogP contribution in [0.4, 0.5) is 0 Å². The minimum Gasteiger partial charge on any atom is -0.436 e. The standard InChI is InChI=1S/C31H30ClN3O2/c1-19(2)27-15-21(17-33)16-28-29(27)37-31(35-28)25-9-7-24(8-10-25)30(36)34-18-20-3-5-22(6-4-20)23-11-13-26(32)14-12-23/h3-10,15-16,19,23,26H,11-14,18H2,1-2H3,(H,34,36). The van der Waals surface area contributed by atoms with Crippen molar-refractivity contribution in [1.82, 2.24) is 10.3 Å². The summed E-state index contributed by atoms with van der Waals surface area (Å²) in [5, 5.41) is 12.7. The minimum atomic E-state index is -0.130. The first-order chi connectivity index (χ1) is 17.9. The number of nitriles is 1. The Morgan fingerprint density at radius 1 is 1.08 bits per heavy atom. The van der Waals surface area contributed by atoms with Crippen LogP contribution in [0, 0.1) is 11.3 Å². The van der Waals surface area contributed by atoms with Gasteiger partial charge in [0.15, 0.2) is 5.58 Å². The Hall–Kier alpha value is -3.62. The van der Waals surface area contributed by atoms with Crippen molar-refractivity contribution >= 4 is 28.6 Å². The lowest BCUT2D eigenvalue weighted by atomic mass is 9.83. The first-order valence-corrected chi connectivity index (χ1v) is 13.3. The van der Waals surface area contributed by atoms with Crippen LogP contribution in [-0.4, -0.2) is 16.3 Å². The Morgan fingerprint density at radius 2 is 1.78 bits per heavy atom. The highest BCUT2D eigenvalue weighted by atomic mass is 35.5. The van der Waals surface area contributed by atoms with Gasteiger partial charge in [0.2, 0.25) is 5.89 Å². The average Bonchev–Trinajstić information content (AvgIpc) is 3.36. The molecule has 1 heterocycles. The number of aromatic nitrogens is 1. The van der Waals surface area contributed by atoms with Crippen molar-refractivity contribution < 1.29 is 9.21 Å². The average molecular weight is 512 g/mol. The molecule has 6 heteroatoms. The highest BCUT2D eigenvalue weighted by Crippen LogP contribution is 2.35. The molecule has 1 N–H and O–H groups in total. The normalized spacial score (nSPS) is 17.6. The summed E-state index contributed by atoms with van der Waals surface area (Å²) in [5.41, 5.74) is 6.67. The van der Waals surface area contributed by atoms with E-state index in [-0.39, 0.29) is 11.8 Å². The van der Waals surface area contributed by atoms with Crippen molar-refractivity contribution in [3.05, 3.63) is 88.5 Å². The van der Waals surface area contributed by atoms with Gasteiger partial charge in [-0.1, -0.05) is 38.1 Å². The second-order valence-corrected chi connectivity index (χ2v) is 10.8. The summed E-state index contributed by atoms with van der Waals surface area (Å²) < 4.78 is 6.08. The predicted molar refractivity (Wildman–Crippen MR) is 147 cm³/mol. The van der Waals surface area contributed by atoms with Crippen LogP contribution in [-0.2, 0) is 6.54 Å². The summed E-state index contributed by atoms with van der Waals surface area (Å²) in [6, 6.07) is 21.6. The van der Waals surface area contributed by atoms with E-state index in [1.807, 2.05) is 18.2 Å². The Labute approximate surface area is 222 Å². The number of fused-ring (bicyclic) bond motifs is 1. The summed E-state index contributed by atoms with van der Waals surface area (Å²) in [6.07, 6.45) is 4.44. The topological polar surface area (TPSA) is 78.9 Å². The van der Waals surface area contributed by atoms with Gasteiger partial charge in [-0.2, -0.15) is 5.26 Å². The van der Waals surface area contributed by atoms with E-state index < -0.39 is 0 Å². The van der Waals surface area contributed by atoms with Gasteiger partial charge in [0.25, 0.3) is 5.91 Å². The van der Waals surface area contributed by atoms with E-state index in [0.717, 1.165) is 42.4 Å². The van der Waals surface area contributed by atoms with Gasteiger partial charge < -0.3 is 9.73 Å². The molecular formula is C31H30ClN3O2. The number of carbonyl (C=O) groups is 1. The molecule has 0 bridgehead atoms. The highest BCUT2D eigenvalue weighted by Gasteiger charge is 2.21. The lowest BCUT2D eigenvalue weighted by Gasteiger charge is -2.25. The molecule has 0 saturated heterocycles. The van der Waals surface area contributed by atoms with Crippen molar-refractivity contribution in [3.63, 3.8) is 0 Å². The number of alkyl halides is 1. The van der Waals surface area contributed by atoms with Crippen molar-refractivity contribution in [1.29, 1.82) is 5.26 Å². The van der Waals surface area contributed by atoms with Gasteiger partial charge in [-0.15, -0.1) is 11.6 Å². The molecule has 188 valence electrons. The number of rotatable bonds is 6. The summed E-state index contributed by atoms with van der Waals surface area (Å²) in [7, 11) is 0. The van der Waals surface area contributed by atoms with Crippen LogP contribution in [0.3, 0.4) is 0 Å². The van der Waals surface area contributed by atoms with E-state index in [1.165, 1.54) is 5.56 Å². The van der Waals surface area contributed by atoms with Gasteiger partial charge in [0.05, 0.1) is 11.6 Å². The maximum absolute atomic E-state index is 12.7. The number of hydrogen-bond acceptors (Lipinski definition) is 4. The number of benzene rings is 3. The number of carbonyl (C=O) groups excluding carboxylic acids is 1. The Bertz CT molecular complexity index is 1440.